The normalized spacial score (nSPS) is 9.00. The van der Waals surface area contributed by atoms with Crippen molar-refractivity contribution in [2.24, 2.45) is 5.18 Å². The number of nitroso groups, excluding NO2 is 1. The Balaban J connectivity index is 3.09. The lowest BCUT2D eigenvalue weighted by Gasteiger charge is -1.78. The van der Waals surface area contributed by atoms with Crippen molar-refractivity contribution in [2.75, 3.05) is 5.73 Å². The van der Waals surface area contributed by atoms with Gasteiger partial charge in [-0.15, -0.1) is 16.2 Å². The van der Waals surface area contributed by atoms with Gasteiger partial charge in [0, 0.05) is 0 Å². The highest BCUT2D eigenvalue weighted by Crippen LogP contribution is 2.27. The van der Waals surface area contributed by atoms with E-state index in [0.717, 1.165) is 0 Å². The molecule has 1 rings (SSSR count). The first kappa shape index (κ1) is 5.24. The zero-order chi connectivity index (χ0) is 5.98. The minimum Gasteiger partial charge on any atom is -0.396 e. The zero-order valence-electron chi connectivity index (χ0n) is 4.00. The molecule has 0 unspecified atom stereocenters. The van der Waals surface area contributed by atoms with Crippen molar-refractivity contribution in [1.82, 2.24) is 0 Å². The standard InChI is InChI=1S/C4H4N2OS/c5-3-1-2-8-4(3)6-7/h1-2H,5H2. The maximum atomic E-state index is 9.77. The Labute approximate surface area is 50.1 Å². The summed E-state index contributed by atoms with van der Waals surface area (Å²) in [5.74, 6) is 0. The van der Waals surface area contributed by atoms with Crippen LogP contribution >= 0.6 is 11.3 Å². The average molecular weight is 128 g/mol. The molecule has 0 radical (unpaired) electrons. The Morgan fingerprint density at radius 3 is 2.75 bits per heavy atom. The Morgan fingerprint density at radius 2 is 2.50 bits per heavy atom. The summed E-state index contributed by atoms with van der Waals surface area (Å²) in [6, 6.07) is 1.65. The highest BCUT2D eigenvalue weighted by molar-refractivity contribution is 7.14. The second-order valence-corrected chi connectivity index (χ2v) is 2.17. The van der Waals surface area contributed by atoms with Gasteiger partial charge in [-0.05, 0) is 16.6 Å². The van der Waals surface area contributed by atoms with Crippen molar-refractivity contribution in [2.45, 2.75) is 0 Å². The topological polar surface area (TPSA) is 55.4 Å². The number of nitrogen functional groups attached to an aromatic ring is 1. The molecule has 0 saturated carbocycles. The van der Waals surface area contributed by atoms with Gasteiger partial charge in [-0.2, -0.15) is 0 Å². The molecule has 1 heterocycles. The summed E-state index contributed by atoms with van der Waals surface area (Å²) in [5, 5.41) is 4.77. The van der Waals surface area contributed by atoms with Gasteiger partial charge in [0.05, 0.1) is 5.69 Å². The fourth-order valence-corrected chi connectivity index (χ4v) is 0.976. The molecule has 0 amide bonds. The van der Waals surface area contributed by atoms with Crippen LogP contribution in [0.1, 0.15) is 0 Å². The van der Waals surface area contributed by atoms with Gasteiger partial charge in [-0.3, -0.25) is 0 Å². The maximum Gasteiger partial charge on any atom is 0.183 e. The van der Waals surface area contributed by atoms with Crippen LogP contribution in [0.3, 0.4) is 0 Å². The fourth-order valence-electron chi connectivity index (χ4n) is 0.385. The van der Waals surface area contributed by atoms with Crippen molar-refractivity contribution < 1.29 is 0 Å². The minimum atomic E-state index is 0.366. The van der Waals surface area contributed by atoms with E-state index in [0.29, 0.717) is 10.7 Å². The molecule has 1 aromatic heterocycles. The largest absolute Gasteiger partial charge is 0.396 e. The van der Waals surface area contributed by atoms with Crippen LogP contribution in [0.15, 0.2) is 16.6 Å². The van der Waals surface area contributed by atoms with Gasteiger partial charge in [0.25, 0.3) is 0 Å². The first-order valence-electron chi connectivity index (χ1n) is 2.01. The molecule has 0 bridgehead atoms. The fraction of sp³-hybridized carbons (Fsp3) is 0. The summed E-state index contributed by atoms with van der Waals surface area (Å²) in [7, 11) is 0. The van der Waals surface area contributed by atoms with Crippen LogP contribution in [0.2, 0.25) is 0 Å². The predicted octanol–water partition coefficient (Wildman–Crippen LogP) is 1.73. The van der Waals surface area contributed by atoms with Crippen LogP contribution < -0.4 is 5.73 Å². The lowest BCUT2D eigenvalue weighted by molar-refractivity contribution is 1.59. The maximum absolute atomic E-state index is 9.77. The van der Waals surface area contributed by atoms with Crippen LogP contribution in [0.25, 0.3) is 0 Å². The van der Waals surface area contributed by atoms with Gasteiger partial charge in [0.15, 0.2) is 5.00 Å². The van der Waals surface area contributed by atoms with Crippen LogP contribution in [0.4, 0.5) is 10.7 Å². The lowest BCUT2D eigenvalue weighted by Crippen LogP contribution is -1.76. The van der Waals surface area contributed by atoms with Crippen molar-refractivity contribution in [3.8, 4) is 0 Å². The third-order valence-electron chi connectivity index (χ3n) is 0.757. The van der Waals surface area contributed by atoms with Crippen molar-refractivity contribution in [1.29, 1.82) is 0 Å². The van der Waals surface area contributed by atoms with Crippen molar-refractivity contribution in [3.63, 3.8) is 0 Å². The molecule has 8 heavy (non-hydrogen) atoms. The van der Waals surface area contributed by atoms with Crippen LogP contribution in [-0.2, 0) is 0 Å². The van der Waals surface area contributed by atoms with E-state index in [-0.39, 0.29) is 0 Å². The molecule has 3 nitrogen and oxygen atoms in total. The number of anilines is 1. The van der Waals surface area contributed by atoms with Gasteiger partial charge >= 0.3 is 0 Å². The Hall–Kier alpha value is -0.900. The molecule has 0 atom stereocenters. The molecule has 0 aliphatic carbocycles. The van der Waals surface area contributed by atoms with Crippen molar-refractivity contribution in [3.05, 3.63) is 16.4 Å². The molecule has 0 fully saturated rings. The van der Waals surface area contributed by atoms with Gasteiger partial charge < -0.3 is 5.73 Å². The van der Waals surface area contributed by atoms with E-state index in [9.17, 15) is 4.91 Å². The van der Waals surface area contributed by atoms with E-state index >= 15 is 0 Å². The Kier molecular flexibility index (Phi) is 1.26. The summed E-state index contributed by atoms with van der Waals surface area (Å²) in [6.07, 6.45) is 0. The Morgan fingerprint density at radius 1 is 1.75 bits per heavy atom. The molecule has 0 aliphatic heterocycles. The molecule has 0 aromatic carbocycles. The molecule has 1 aromatic rings. The number of rotatable bonds is 1. The summed E-state index contributed by atoms with van der Waals surface area (Å²) < 4.78 is 0. The van der Waals surface area contributed by atoms with Gasteiger partial charge in [0.2, 0.25) is 0 Å². The van der Waals surface area contributed by atoms with E-state index in [1.54, 1.807) is 11.4 Å². The van der Waals surface area contributed by atoms with Gasteiger partial charge in [-0.25, -0.2) is 0 Å². The minimum absolute atomic E-state index is 0.366. The molecule has 0 spiro atoms. The first-order valence-corrected chi connectivity index (χ1v) is 2.89. The molecule has 4 heteroatoms. The predicted molar refractivity (Wildman–Crippen MR) is 34.2 cm³/mol. The van der Waals surface area contributed by atoms with Gasteiger partial charge in [0.1, 0.15) is 0 Å². The monoisotopic (exact) mass is 128 g/mol. The third-order valence-corrected chi connectivity index (χ3v) is 1.56. The number of nitrogens with zero attached hydrogens (tertiary/aromatic N) is 1. The Bertz CT molecular complexity index is 196. The molecule has 0 aliphatic rings. The quantitative estimate of drug-likeness (QED) is 0.585. The molecular weight excluding hydrogens is 124 g/mol. The van der Waals surface area contributed by atoms with E-state index in [1.807, 2.05) is 0 Å². The smallest absolute Gasteiger partial charge is 0.183 e. The van der Waals surface area contributed by atoms with Crippen LogP contribution in [0, 0.1) is 4.91 Å². The first-order chi connectivity index (χ1) is 3.84. The average Bonchev–Trinajstić information content (AvgIpc) is 2.14. The molecular formula is C4H4N2OS. The van der Waals surface area contributed by atoms with Gasteiger partial charge in [-0.1, -0.05) is 0 Å². The highest BCUT2D eigenvalue weighted by Gasteiger charge is 1.95. The SMILES string of the molecule is Nc1ccsc1N=O. The van der Waals surface area contributed by atoms with Crippen LogP contribution in [0.5, 0.6) is 0 Å². The molecule has 0 saturated heterocycles. The number of hydrogen-bond donors (Lipinski definition) is 1. The van der Waals surface area contributed by atoms with E-state index in [2.05, 4.69) is 5.18 Å². The number of nitrogens with two attached hydrogens (primary N) is 1. The second kappa shape index (κ2) is 1.92. The van der Waals surface area contributed by atoms with E-state index < -0.39 is 0 Å². The number of thiophene rings is 1. The second-order valence-electron chi connectivity index (χ2n) is 1.27. The molecule has 42 valence electrons. The third kappa shape index (κ3) is 0.696. The summed E-state index contributed by atoms with van der Waals surface area (Å²) >= 11 is 1.25. The summed E-state index contributed by atoms with van der Waals surface area (Å²) in [4.78, 5) is 9.77. The van der Waals surface area contributed by atoms with E-state index in [1.165, 1.54) is 11.3 Å². The lowest BCUT2D eigenvalue weighted by atomic mass is 10.5. The highest BCUT2D eigenvalue weighted by atomic mass is 32.1. The molecule has 2 N–H and O–H groups in total. The summed E-state index contributed by atoms with van der Waals surface area (Å²) in [6.45, 7) is 0. The summed E-state index contributed by atoms with van der Waals surface area (Å²) in [5.41, 5.74) is 5.73. The number of hydrogen-bond acceptors (Lipinski definition) is 4. The zero-order valence-corrected chi connectivity index (χ0v) is 4.81. The van der Waals surface area contributed by atoms with E-state index in [4.69, 9.17) is 5.73 Å². The van der Waals surface area contributed by atoms with Crippen molar-refractivity contribution >= 4 is 22.0 Å². The van der Waals surface area contributed by atoms with Crippen LogP contribution in [-0.4, -0.2) is 0 Å².